The number of alkyl halides is 3. The van der Waals surface area contributed by atoms with E-state index >= 15 is 0 Å². The van der Waals surface area contributed by atoms with Gasteiger partial charge in [0.2, 0.25) is 0 Å². The molecule has 5 nitrogen and oxygen atoms in total. The molecule has 0 aliphatic carbocycles. The molecule has 1 aliphatic rings. The zero-order chi connectivity index (χ0) is 18.1. The van der Waals surface area contributed by atoms with E-state index in [1.807, 2.05) is 6.92 Å². The summed E-state index contributed by atoms with van der Waals surface area (Å²) in [5, 5.41) is 6.40. The summed E-state index contributed by atoms with van der Waals surface area (Å²) in [5.41, 5.74) is 0.883. The van der Waals surface area contributed by atoms with Crippen molar-refractivity contribution in [3.05, 3.63) is 29.8 Å². The molecular weight excluding hydrogens is 335 g/mol. The minimum Gasteiger partial charge on any atom is -0.484 e. The van der Waals surface area contributed by atoms with E-state index in [-0.39, 0.29) is 11.9 Å². The van der Waals surface area contributed by atoms with Crippen LogP contribution in [-0.4, -0.2) is 44.5 Å². The number of nitrogens with zero attached hydrogens (tertiary/aromatic N) is 1. The van der Waals surface area contributed by atoms with Gasteiger partial charge in [-0.3, -0.25) is 0 Å². The van der Waals surface area contributed by atoms with Crippen LogP contribution < -0.4 is 15.4 Å². The Kier molecular flexibility index (Phi) is 7.36. The SMILES string of the molecule is CCNC(=NCc1ccc(OCC(F)(F)F)cc1)NCC1CCCO1. The Balaban J connectivity index is 1.83. The van der Waals surface area contributed by atoms with Crippen LogP contribution in [0.15, 0.2) is 29.3 Å². The molecule has 1 saturated heterocycles. The maximum absolute atomic E-state index is 12.1. The molecule has 0 bridgehead atoms. The topological polar surface area (TPSA) is 54.9 Å². The van der Waals surface area contributed by atoms with Crippen LogP contribution in [0.4, 0.5) is 13.2 Å². The Morgan fingerprint density at radius 2 is 2.04 bits per heavy atom. The van der Waals surface area contributed by atoms with Crippen molar-refractivity contribution in [1.82, 2.24) is 10.6 Å². The lowest BCUT2D eigenvalue weighted by atomic mass is 10.2. The number of halogens is 3. The monoisotopic (exact) mass is 359 g/mol. The minimum atomic E-state index is -4.33. The molecule has 1 fully saturated rings. The zero-order valence-corrected chi connectivity index (χ0v) is 14.2. The summed E-state index contributed by atoms with van der Waals surface area (Å²) in [4.78, 5) is 4.48. The van der Waals surface area contributed by atoms with Gasteiger partial charge in [-0.2, -0.15) is 13.2 Å². The summed E-state index contributed by atoms with van der Waals surface area (Å²) in [6.07, 6.45) is -1.98. The van der Waals surface area contributed by atoms with Crippen molar-refractivity contribution in [1.29, 1.82) is 0 Å². The summed E-state index contributed by atoms with van der Waals surface area (Å²) in [7, 11) is 0. The van der Waals surface area contributed by atoms with Gasteiger partial charge in [-0.1, -0.05) is 12.1 Å². The lowest BCUT2D eigenvalue weighted by Gasteiger charge is -2.14. The number of benzene rings is 1. The quantitative estimate of drug-likeness (QED) is 0.581. The third kappa shape index (κ3) is 7.64. The Morgan fingerprint density at radius 3 is 2.64 bits per heavy atom. The smallest absolute Gasteiger partial charge is 0.422 e. The summed E-state index contributed by atoms with van der Waals surface area (Å²) in [5.74, 6) is 0.879. The third-order valence-electron chi connectivity index (χ3n) is 3.61. The Labute approximate surface area is 145 Å². The number of nitrogens with one attached hydrogen (secondary N) is 2. The van der Waals surface area contributed by atoms with Crippen molar-refractivity contribution in [3.63, 3.8) is 0 Å². The molecule has 2 rings (SSSR count). The highest BCUT2D eigenvalue weighted by molar-refractivity contribution is 5.79. The Hall–Kier alpha value is -1.96. The zero-order valence-electron chi connectivity index (χ0n) is 14.2. The van der Waals surface area contributed by atoms with Crippen molar-refractivity contribution in [2.24, 2.45) is 4.99 Å². The van der Waals surface area contributed by atoms with Gasteiger partial charge in [0.1, 0.15) is 5.75 Å². The summed E-state index contributed by atoms with van der Waals surface area (Å²) in [6.45, 7) is 3.36. The number of ether oxygens (including phenoxy) is 2. The van der Waals surface area contributed by atoms with Crippen molar-refractivity contribution < 1.29 is 22.6 Å². The van der Waals surface area contributed by atoms with Crippen molar-refractivity contribution in [3.8, 4) is 5.75 Å². The van der Waals surface area contributed by atoms with Crippen LogP contribution in [0.2, 0.25) is 0 Å². The predicted molar refractivity (Wildman–Crippen MR) is 89.8 cm³/mol. The summed E-state index contributed by atoms with van der Waals surface area (Å²) in [6, 6.07) is 6.45. The van der Waals surface area contributed by atoms with E-state index in [2.05, 4.69) is 20.4 Å². The highest BCUT2D eigenvalue weighted by atomic mass is 19.4. The largest absolute Gasteiger partial charge is 0.484 e. The molecule has 25 heavy (non-hydrogen) atoms. The van der Waals surface area contributed by atoms with Gasteiger partial charge in [0, 0.05) is 19.7 Å². The number of guanidine groups is 1. The van der Waals surface area contributed by atoms with Crippen molar-refractivity contribution in [2.75, 3.05) is 26.3 Å². The van der Waals surface area contributed by atoms with Crippen molar-refractivity contribution >= 4 is 5.96 Å². The highest BCUT2D eigenvalue weighted by Gasteiger charge is 2.28. The van der Waals surface area contributed by atoms with Crippen LogP contribution in [0.1, 0.15) is 25.3 Å². The molecule has 0 aromatic heterocycles. The molecule has 1 aliphatic heterocycles. The van der Waals surface area contributed by atoms with Gasteiger partial charge in [-0.25, -0.2) is 4.99 Å². The molecule has 8 heteroatoms. The molecule has 0 spiro atoms. The van der Waals surface area contributed by atoms with Gasteiger partial charge in [0.15, 0.2) is 12.6 Å². The average Bonchev–Trinajstić information content (AvgIpc) is 3.09. The molecule has 0 saturated carbocycles. The first-order valence-corrected chi connectivity index (χ1v) is 8.38. The van der Waals surface area contributed by atoms with Gasteiger partial charge in [0.25, 0.3) is 0 Å². The fraction of sp³-hybridized carbons (Fsp3) is 0.588. The van der Waals surface area contributed by atoms with Gasteiger partial charge >= 0.3 is 6.18 Å². The first kappa shape index (κ1) is 19.4. The molecular formula is C17H24F3N3O2. The van der Waals surface area contributed by atoms with E-state index in [9.17, 15) is 13.2 Å². The van der Waals surface area contributed by atoms with Gasteiger partial charge in [-0.15, -0.1) is 0 Å². The lowest BCUT2D eigenvalue weighted by molar-refractivity contribution is -0.153. The second-order valence-electron chi connectivity index (χ2n) is 5.76. The van der Waals surface area contributed by atoms with E-state index in [1.54, 1.807) is 12.1 Å². The first-order valence-electron chi connectivity index (χ1n) is 8.38. The maximum atomic E-state index is 12.1. The second kappa shape index (κ2) is 9.50. The van der Waals surface area contributed by atoms with Crippen LogP contribution in [0.3, 0.4) is 0 Å². The van der Waals surface area contributed by atoms with Crippen LogP contribution in [0, 0.1) is 0 Å². The molecule has 1 atom stereocenters. The standard InChI is InChI=1S/C17H24F3N3O2/c1-2-21-16(23-11-15-4-3-9-24-15)22-10-13-5-7-14(8-6-13)25-12-17(18,19)20/h5-8,15H,2-4,9-12H2,1H3,(H2,21,22,23). The van der Waals surface area contributed by atoms with Crippen LogP contribution in [0.5, 0.6) is 5.75 Å². The summed E-state index contributed by atoms with van der Waals surface area (Å²) >= 11 is 0. The van der Waals surface area contributed by atoms with Gasteiger partial charge in [0.05, 0.1) is 12.6 Å². The van der Waals surface area contributed by atoms with Crippen LogP contribution in [0.25, 0.3) is 0 Å². The van der Waals surface area contributed by atoms with E-state index in [4.69, 9.17) is 4.74 Å². The number of aliphatic imine (C=N–C) groups is 1. The molecule has 1 aromatic carbocycles. The number of hydrogen-bond donors (Lipinski definition) is 2. The maximum Gasteiger partial charge on any atom is 0.422 e. The van der Waals surface area contributed by atoms with E-state index in [0.29, 0.717) is 19.0 Å². The lowest BCUT2D eigenvalue weighted by Crippen LogP contribution is -2.41. The Bertz CT molecular complexity index is 541. The molecule has 1 unspecified atom stereocenters. The van der Waals surface area contributed by atoms with E-state index in [1.165, 1.54) is 12.1 Å². The normalized spacial score (nSPS) is 18.2. The molecule has 0 radical (unpaired) electrons. The van der Waals surface area contributed by atoms with E-state index < -0.39 is 12.8 Å². The molecule has 1 aromatic rings. The summed E-state index contributed by atoms with van der Waals surface area (Å²) < 4.78 is 46.6. The van der Waals surface area contributed by atoms with Gasteiger partial charge in [-0.05, 0) is 37.5 Å². The molecule has 0 amide bonds. The molecule has 2 N–H and O–H groups in total. The molecule has 140 valence electrons. The predicted octanol–water partition coefficient (Wildman–Crippen LogP) is 2.86. The van der Waals surface area contributed by atoms with Gasteiger partial charge < -0.3 is 20.1 Å². The van der Waals surface area contributed by atoms with Crippen LogP contribution in [-0.2, 0) is 11.3 Å². The second-order valence-corrected chi connectivity index (χ2v) is 5.76. The fourth-order valence-corrected chi connectivity index (χ4v) is 2.38. The minimum absolute atomic E-state index is 0.188. The molecule has 1 heterocycles. The third-order valence-corrected chi connectivity index (χ3v) is 3.61. The number of hydrogen-bond acceptors (Lipinski definition) is 3. The van der Waals surface area contributed by atoms with E-state index in [0.717, 1.165) is 31.6 Å². The fourth-order valence-electron chi connectivity index (χ4n) is 2.38. The van der Waals surface area contributed by atoms with Crippen LogP contribution >= 0.6 is 0 Å². The highest BCUT2D eigenvalue weighted by Crippen LogP contribution is 2.19. The number of rotatable bonds is 7. The Morgan fingerprint density at radius 1 is 1.28 bits per heavy atom. The average molecular weight is 359 g/mol. The first-order chi connectivity index (χ1) is 12.0. The van der Waals surface area contributed by atoms with Crippen molar-refractivity contribution in [2.45, 2.75) is 38.6 Å².